The van der Waals surface area contributed by atoms with Gasteiger partial charge in [-0.3, -0.25) is 13.9 Å². The molecule has 8 heteroatoms. The highest BCUT2D eigenvalue weighted by atomic mass is 32.2. The number of carbonyl (C=O) groups is 2. The van der Waals surface area contributed by atoms with Crippen LogP contribution < -0.4 is 9.62 Å². The Kier molecular flexibility index (Phi) is 9.79. The molecule has 0 bridgehead atoms. The average molecular weight is 564 g/mol. The lowest BCUT2D eigenvalue weighted by molar-refractivity contribution is -0.141. The Bertz CT molecular complexity index is 1430. The molecule has 0 aromatic heterocycles. The Morgan fingerprint density at radius 1 is 0.875 bits per heavy atom. The van der Waals surface area contributed by atoms with Gasteiger partial charge in [-0.25, -0.2) is 8.42 Å². The van der Waals surface area contributed by atoms with Gasteiger partial charge in [-0.15, -0.1) is 0 Å². The second kappa shape index (κ2) is 12.7. The predicted molar refractivity (Wildman–Crippen MR) is 161 cm³/mol. The van der Waals surface area contributed by atoms with Crippen LogP contribution in [0.2, 0.25) is 0 Å². The van der Waals surface area contributed by atoms with Gasteiger partial charge in [-0.1, -0.05) is 67.1 Å². The molecule has 1 N–H and O–H groups in total. The lowest BCUT2D eigenvalue weighted by atomic mass is 10.1. The number of anilines is 1. The monoisotopic (exact) mass is 563 g/mol. The fourth-order valence-corrected chi connectivity index (χ4v) is 5.98. The normalized spacial score (nSPS) is 12.5. The van der Waals surface area contributed by atoms with E-state index in [4.69, 9.17) is 0 Å². The van der Waals surface area contributed by atoms with Crippen molar-refractivity contribution in [3.63, 3.8) is 0 Å². The summed E-state index contributed by atoms with van der Waals surface area (Å²) in [6.07, 6.45) is 0.370. The Labute approximate surface area is 239 Å². The molecule has 0 aliphatic heterocycles. The zero-order chi connectivity index (χ0) is 29.7. The molecule has 0 aliphatic rings. The Morgan fingerprint density at radius 3 is 2.08 bits per heavy atom. The molecule has 0 aliphatic carbocycles. The van der Waals surface area contributed by atoms with Crippen molar-refractivity contribution in [2.75, 3.05) is 10.8 Å². The predicted octanol–water partition coefficient (Wildman–Crippen LogP) is 5.53. The molecule has 0 saturated heterocycles. The zero-order valence-electron chi connectivity index (χ0n) is 24.6. The fraction of sp³-hybridized carbons (Fsp3) is 0.375. The molecule has 1 unspecified atom stereocenters. The van der Waals surface area contributed by atoms with Crippen molar-refractivity contribution in [3.05, 3.63) is 95.1 Å². The van der Waals surface area contributed by atoms with Crippen molar-refractivity contribution >= 4 is 27.5 Å². The second-order valence-corrected chi connectivity index (χ2v) is 13.1. The molecule has 214 valence electrons. The van der Waals surface area contributed by atoms with E-state index in [2.05, 4.69) is 5.32 Å². The summed E-state index contributed by atoms with van der Waals surface area (Å²) < 4.78 is 29.3. The van der Waals surface area contributed by atoms with Crippen LogP contribution in [0.25, 0.3) is 0 Å². The molecule has 3 aromatic carbocycles. The summed E-state index contributed by atoms with van der Waals surface area (Å²) in [7, 11) is -4.11. The van der Waals surface area contributed by atoms with Gasteiger partial charge >= 0.3 is 0 Å². The molecule has 2 amide bonds. The molecule has 3 aromatic rings. The van der Waals surface area contributed by atoms with Crippen LogP contribution in [0.5, 0.6) is 0 Å². The summed E-state index contributed by atoms with van der Waals surface area (Å²) >= 11 is 0. The number of hydrogen-bond acceptors (Lipinski definition) is 4. The van der Waals surface area contributed by atoms with Gasteiger partial charge in [0.25, 0.3) is 10.0 Å². The fourth-order valence-electron chi connectivity index (χ4n) is 4.51. The van der Waals surface area contributed by atoms with Crippen molar-refractivity contribution in [2.24, 2.45) is 0 Å². The number of sulfonamides is 1. The van der Waals surface area contributed by atoms with Crippen molar-refractivity contribution in [1.29, 1.82) is 0 Å². The number of carbonyl (C=O) groups excluding carboxylic acids is 2. The van der Waals surface area contributed by atoms with Crippen molar-refractivity contribution in [1.82, 2.24) is 10.2 Å². The highest BCUT2D eigenvalue weighted by Gasteiger charge is 2.35. The SMILES string of the molecule is CCC(C(=O)NC(C)(C)C)N(Cc1ccccc1)C(=O)CN(c1cccc(C)c1C)S(=O)(=O)c1ccc(C)cc1. The smallest absolute Gasteiger partial charge is 0.264 e. The van der Waals surface area contributed by atoms with Gasteiger partial charge in [0.1, 0.15) is 12.6 Å². The molecule has 0 spiro atoms. The number of nitrogens with one attached hydrogen (secondary N) is 1. The van der Waals surface area contributed by atoms with Crippen LogP contribution in [0.15, 0.2) is 77.7 Å². The average Bonchev–Trinajstić information content (AvgIpc) is 2.88. The molecule has 7 nitrogen and oxygen atoms in total. The summed E-state index contributed by atoms with van der Waals surface area (Å²) in [5, 5.41) is 2.99. The first-order valence-corrected chi connectivity index (χ1v) is 15.0. The van der Waals surface area contributed by atoms with E-state index in [0.29, 0.717) is 12.1 Å². The Hall–Kier alpha value is -3.65. The molecule has 0 saturated carbocycles. The van der Waals surface area contributed by atoms with Gasteiger partial charge in [-0.2, -0.15) is 0 Å². The maximum atomic E-state index is 14.2. The number of nitrogens with zero attached hydrogens (tertiary/aromatic N) is 2. The third-order valence-corrected chi connectivity index (χ3v) is 8.59. The van der Waals surface area contributed by atoms with E-state index in [0.717, 1.165) is 22.3 Å². The number of benzene rings is 3. The van der Waals surface area contributed by atoms with Crippen molar-refractivity contribution in [2.45, 2.75) is 77.9 Å². The molecule has 0 radical (unpaired) electrons. The lowest BCUT2D eigenvalue weighted by Crippen LogP contribution is -2.55. The summed E-state index contributed by atoms with van der Waals surface area (Å²) in [6.45, 7) is 12.9. The molecule has 40 heavy (non-hydrogen) atoms. The molecule has 3 rings (SSSR count). The Balaban J connectivity index is 2.10. The maximum Gasteiger partial charge on any atom is 0.264 e. The van der Waals surface area contributed by atoms with E-state index in [1.165, 1.54) is 9.21 Å². The standard InChI is InChI=1S/C32H41N3O4S/c1-8-28(31(37)33-32(5,6)7)34(21-26-14-10-9-11-15-26)30(36)22-35(29-16-12-13-24(3)25(29)4)40(38,39)27-19-17-23(2)18-20-27/h9-20,28H,8,21-22H2,1-7H3,(H,33,37). The third-order valence-electron chi connectivity index (χ3n) is 6.81. The first kappa shape index (κ1) is 30.9. The first-order valence-electron chi connectivity index (χ1n) is 13.6. The van der Waals surface area contributed by atoms with Crippen LogP contribution in [0.3, 0.4) is 0 Å². The maximum absolute atomic E-state index is 14.2. The Morgan fingerprint density at radius 2 is 1.50 bits per heavy atom. The number of aryl methyl sites for hydroxylation is 2. The van der Waals surface area contributed by atoms with E-state index < -0.39 is 34.1 Å². The van der Waals surface area contributed by atoms with E-state index in [-0.39, 0.29) is 17.3 Å². The van der Waals surface area contributed by atoms with Crippen LogP contribution in [0, 0.1) is 20.8 Å². The molecular formula is C32H41N3O4S. The van der Waals surface area contributed by atoms with E-state index in [1.54, 1.807) is 36.4 Å². The minimum Gasteiger partial charge on any atom is -0.350 e. The van der Waals surface area contributed by atoms with Gasteiger partial charge in [0.05, 0.1) is 10.6 Å². The lowest BCUT2D eigenvalue weighted by Gasteiger charge is -2.35. The van der Waals surface area contributed by atoms with Crippen LogP contribution >= 0.6 is 0 Å². The van der Waals surface area contributed by atoms with E-state index >= 15 is 0 Å². The zero-order valence-corrected chi connectivity index (χ0v) is 25.4. The van der Waals surface area contributed by atoms with Crippen LogP contribution in [-0.4, -0.2) is 43.3 Å². The number of rotatable bonds is 10. The largest absolute Gasteiger partial charge is 0.350 e. The van der Waals surface area contributed by atoms with E-state index in [1.807, 2.05) is 84.9 Å². The summed E-state index contributed by atoms with van der Waals surface area (Å²) in [5.74, 6) is -0.740. The number of amides is 2. The molecular weight excluding hydrogens is 522 g/mol. The molecule has 1 atom stereocenters. The van der Waals surface area contributed by atoms with Gasteiger partial charge in [0, 0.05) is 12.1 Å². The van der Waals surface area contributed by atoms with E-state index in [9.17, 15) is 18.0 Å². The quantitative estimate of drug-likeness (QED) is 0.352. The minimum atomic E-state index is -4.11. The first-order chi connectivity index (χ1) is 18.7. The number of hydrogen-bond donors (Lipinski definition) is 1. The third kappa shape index (κ3) is 7.50. The summed E-state index contributed by atoms with van der Waals surface area (Å²) in [5.41, 5.74) is 3.38. The van der Waals surface area contributed by atoms with Crippen LogP contribution in [-0.2, 0) is 26.2 Å². The summed E-state index contributed by atoms with van der Waals surface area (Å²) in [4.78, 5) is 29.2. The van der Waals surface area contributed by atoms with Gasteiger partial charge in [-0.05, 0) is 82.9 Å². The highest BCUT2D eigenvalue weighted by molar-refractivity contribution is 7.92. The molecule has 0 fully saturated rings. The second-order valence-electron chi connectivity index (χ2n) is 11.2. The van der Waals surface area contributed by atoms with Crippen molar-refractivity contribution in [3.8, 4) is 0 Å². The minimum absolute atomic E-state index is 0.0962. The topological polar surface area (TPSA) is 86.8 Å². The van der Waals surface area contributed by atoms with Crippen molar-refractivity contribution < 1.29 is 18.0 Å². The van der Waals surface area contributed by atoms with Gasteiger partial charge < -0.3 is 10.2 Å². The van der Waals surface area contributed by atoms with Gasteiger partial charge in [0.2, 0.25) is 11.8 Å². The van der Waals surface area contributed by atoms with Crippen LogP contribution in [0.1, 0.15) is 56.4 Å². The van der Waals surface area contributed by atoms with Crippen LogP contribution in [0.4, 0.5) is 5.69 Å². The highest BCUT2D eigenvalue weighted by Crippen LogP contribution is 2.29. The molecule has 0 heterocycles. The summed E-state index contributed by atoms with van der Waals surface area (Å²) in [6, 6.07) is 20.6. The van der Waals surface area contributed by atoms with Gasteiger partial charge in [0.15, 0.2) is 0 Å².